The van der Waals surface area contributed by atoms with Crippen LogP contribution in [-0.2, 0) is 4.79 Å². The SMILES string of the molecule is Cc1ccc(-n2cnnc2SCC(=O)Nc2ccccc2Br)cc1Cl. The lowest BCUT2D eigenvalue weighted by molar-refractivity contribution is -0.113. The molecule has 1 amide bonds. The maximum atomic E-state index is 12.2. The molecule has 1 heterocycles. The van der Waals surface area contributed by atoms with Gasteiger partial charge in [-0.05, 0) is 52.7 Å². The molecule has 0 saturated heterocycles. The van der Waals surface area contributed by atoms with Gasteiger partial charge in [-0.1, -0.05) is 41.6 Å². The number of aryl methyl sites for hydroxylation is 1. The van der Waals surface area contributed by atoms with Crippen LogP contribution in [0.1, 0.15) is 5.56 Å². The molecule has 0 fully saturated rings. The third-order valence-corrected chi connectivity index (χ3v) is 5.47. The molecular formula is C17H14BrClN4OS. The van der Waals surface area contributed by atoms with Crippen molar-refractivity contribution in [2.45, 2.75) is 12.1 Å². The van der Waals surface area contributed by atoms with E-state index in [-0.39, 0.29) is 11.7 Å². The Morgan fingerprint density at radius 1 is 1.32 bits per heavy atom. The van der Waals surface area contributed by atoms with Crippen LogP contribution in [0.15, 0.2) is 58.4 Å². The van der Waals surface area contributed by atoms with Gasteiger partial charge in [0.25, 0.3) is 0 Å². The Labute approximate surface area is 162 Å². The fraction of sp³-hybridized carbons (Fsp3) is 0.118. The Bertz CT molecular complexity index is 915. The molecule has 0 unspecified atom stereocenters. The summed E-state index contributed by atoms with van der Waals surface area (Å²) in [6, 6.07) is 13.2. The summed E-state index contributed by atoms with van der Waals surface area (Å²) in [5.41, 5.74) is 2.59. The lowest BCUT2D eigenvalue weighted by Crippen LogP contribution is -2.14. The van der Waals surface area contributed by atoms with Crippen LogP contribution >= 0.6 is 39.3 Å². The molecular weight excluding hydrogens is 424 g/mol. The number of para-hydroxylation sites is 1. The summed E-state index contributed by atoms with van der Waals surface area (Å²) in [5, 5.41) is 12.2. The van der Waals surface area contributed by atoms with Gasteiger partial charge in [0.05, 0.1) is 17.1 Å². The highest BCUT2D eigenvalue weighted by Crippen LogP contribution is 2.25. The van der Waals surface area contributed by atoms with Gasteiger partial charge in [0.15, 0.2) is 5.16 Å². The van der Waals surface area contributed by atoms with Crippen LogP contribution in [0.5, 0.6) is 0 Å². The maximum absolute atomic E-state index is 12.2. The third kappa shape index (κ3) is 4.42. The highest BCUT2D eigenvalue weighted by molar-refractivity contribution is 9.10. The third-order valence-electron chi connectivity index (χ3n) is 3.43. The topological polar surface area (TPSA) is 59.8 Å². The molecule has 25 heavy (non-hydrogen) atoms. The van der Waals surface area contributed by atoms with Crippen molar-refractivity contribution < 1.29 is 4.79 Å². The van der Waals surface area contributed by atoms with E-state index in [0.717, 1.165) is 21.4 Å². The molecule has 3 rings (SSSR count). The van der Waals surface area contributed by atoms with Crippen molar-refractivity contribution in [1.82, 2.24) is 14.8 Å². The molecule has 1 N–H and O–H groups in total. The van der Waals surface area contributed by atoms with E-state index in [1.807, 2.05) is 54.0 Å². The van der Waals surface area contributed by atoms with Crippen LogP contribution in [0, 0.1) is 6.92 Å². The summed E-state index contributed by atoms with van der Waals surface area (Å²) in [5.74, 6) is 0.105. The number of amides is 1. The van der Waals surface area contributed by atoms with Gasteiger partial charge in [0, 0.05) is 9.50 Å². The van der Waals surface area contributed by atoms with Crippen molar-refractivity contribution in [3.8, 4) is 5.69 Å². The van der Waals surface area contributed by atoms with E-state index >= 15 is 0 Å². The summed E-state index contributed by atoms with van der Waals surface area (Å²) in [4.78, 5) is 12.2. The van der Waals surface area contributed by atoms with Crippen LogP contribution in [-0.4, -0.2) is 26.4 Å². The fourth-order valence-corrected chi connectivity index (χ4v) is 3.40. The van der Waals surface area contributed by atoms with E-state index in [1.54, 1.807) is 6.33 Å². The molecule has 8 heteroatoms. The van der Waals surface area contributed by atoms with E-state index in [4.69, 9.17) is 11.6 Å². The zero-order chi connectivity index (χ0) is 17.8. The van der Waals surface area contributed by atoms with Gasteiger partial charge < -0.3 is 5.32 Å². The second kappa shape index (κ2) is 8.03. The van der Waals surface area contributed by atoms with Crippen LogP contribution < -0.4 is 5.32 Å². The zero-order valence-corrected chi connectivity index (χ0v) is 16.4. The molecule has 0 spiro atoms. The first kappa shape index (κ1) is 18.0. The summed E-state index contributed by atoms with van der Waals surface area (Å²) >= 11 is 10.9. The highest BCUT2D eigenvalue weighted by Gasteiger charge is 2.12. The summed E-state index contributed by atoms with van der Waals surface area (Å²) in [6.45, 7) is 1.94. The standard InChI is InChI=1S/C17H14BrClN4OS/c1-11-6-7-12(8-14(11)19)23-10-20-22-17(23)25-9-16(24)21-15-5-3-2-4-13(15)18/h2-8,10H,9H2,1H3,(H,21,24). The number of rotatable bonds is 5. The number of aromatic nitrogens is 3. The van der Waals surface area contributed by atoms with Crippen molar-refractivity contribution in [3.63, 3.8) is 0 Å². The van der Waals surface area contributed by atoms with Gasteiger partial charge in [0.2, 0.25) is 5.91 Å². The average Bonchev–Trinajstić information content (AvgIpc) is 3.06. The fourth-order valence-electron chi connectivity index (χ4n) is 2.11. The second-order valence-corrected chi connectivity index (χ2v) is 7.44. The second-order valence-electron chi connectivity index (χ2n) is 5.23. The van der Waals surface area contributed by atoms with Crippen molar-refractivity contribution >= 4 is 50.9 Å². The number of halogens is 2. The Kier molecular flexibility index (Phi) is 5.78. The van der Waals surface area contributed by atoms with Crippen LogP contribution in [0.2, 0.25) is 5.02 Å². The molecule has 1 aromatic heterocycles. The summed E-state index contributed by atoms with van der Waals surface area (Å²) in [7, 11) is 0. The number of benzene rings is 2. The van der Waals surface area contributed by atoms with Gasteiger partial charge in [-0.2, -0.15) is 0 Å². The van der Waals surface area contributed by atoms with Crippen molar-refractivity contribution in [3.05, 3.63) is 63.9 Å². The van der Waals surface area contributed by atoms with Gasteiger partial charge in [-0.25, -0.2) is 0 Å². The van der Waals surface area contributed by atoms with E-state index in [0.29, 0.717) is 10.2 Å². The largest absolute Gasteiger partial charge is 0.324 e. The van der Waals surface area contributed by atoms with Crippen molar-refractivity contribution in [1.29, 1.82) is 0 Å². The monoisotopic (exact) mass is 436 g/mol. The van der Waals surface area contributed by atoms with E-state index in [1.165, 1.54) is 11.8 Å². The normalized spacial score (nSPS) is 10.7. The first-order valence-electron chi connectivity index (χ1n) is 7.38. The predicted octanol–water partition coefficient (Wildman–Crippen LogP) is 4.72. The Hall–Kier alpha value is -1.83. The summed E-state index contributed by atoms with van der Waals surface area (Å²) in [6.07, 6.45) is 1.61. The molecule has 0 aliphatic rings. The minimum atomic E-state index is -0.117. The number of nitrogens with zero attached hydrogens (tertiary/aromatic N) is 3. The Morgan fingerprint density at radius 2 is 2.12 bits per heavy atom. The van der Waals surface area contributed by atoms with Gasteiger partial charge in [-0.15, -0.1) is 10.2 Å². The van der Waals surface area contributed by atoms with E-state index in [9.17, 15) is 4.79 Å². The van der Waals surface area contributed by atoms with E-state index < -0.39 is 0 Å². The van der Waals surface area contributed by atoms with Gasteiger partial charge in [-0.3, -0.25) is 9.36 Å². The molecule has 0 atom stereocenters. The van der Waals surface area contributed by atoms with Crippen molar-refractivity contribution in [2.75, 3.05) is 11.1 Å². The minimum Gasteiger partial charge on any atom is -0.324 e. The quantitative estimate of drug-likeness (QED) is 0.587. The molecule has 3 aromatic rings. The van der Waals surface area contributed by atoms with Gasteiger partial charge >= 0.3 is 0 Å². The number of carbonyl (C=O) groups is 1. The van der Waals surface area contributed by atoms with Crippen LogP contribution in [0.3, 0.4) is 0 Å². The molecule has 2 aromatic carbocycles. The number of hydrogen-bond acceptors (Lipinski definition) is 4. The first-order valence-corrected chi connectivity index (χ1v) is 9.54. The molecule has 5 nitrogen and oxygen atoms in total. The molecule has 0 radical (unpaired) electrons. The Balaban J connectivity index is 1.68. The molecule has 128 valence electrons. The number of carbonyl (C=O) groups excluding carboxylic acids is 1. The maximum Gasteiger partial charge on any atom is 0.234 e. The Morgan fingerprint density at radius 3 is 2.88 bits per heavy atom. The summed E-state index contributed by atoms with van der Waals surface area (Å²) < 4.78 is 2.65. The lowest BCUT2D eigenvalue weighted by atomic mass is 10.2. The highest BCUT2D eigenvalue weighted by atomic mass is 79.9. The number of nitrogens with one attached hydrogen (secondary N) is 1. The lowest BCUT2D eigenvalue weighted by Gasteiger charge is -2.09. The number of anilines is 1. The zero-order valence-electron chi connectivity index (χ0n) is 13.2. The smallest absolute Gasteiger partial charge is 0.234 e. The van der Waals surface area contributed by atoms with Gasteiger partial charge in [0.1, 0.15) is 6.33 Å². The number of thioether (sulfide) groups is 1. The van der Waals surface area contributed by atoms with Crippen molar-refractivity contribution in [2.24, 2.45) is 0 Å². The minimum absolute atomic E-state index is 0.117. The number of hydrogen-bond donors (Lipinski definition) is 1. The van der Waals surface area contributed by atoms with Crippen LogP contribution in [0.25, 0.3) is 5.69 Å². The first-order chi connectivity index (χ1) is 12.0. The average molecular weight is 438 g/mol. The molecule has 0 aliphatic heterocycles. The predicted molar refractivity (Wildman–Crippen MR) is 105 cm³/mol. The molecule has 0 saturated carbocycles. The molecule has 0 aliphatic carbocycles. The molecule has 0 bridgehead atoms. The van der Waals surface area contributed by atoms with E-state index in [2.05, 4.69) is 31.4 Å². The van der Waals surface area contributed by atoms with Crippen LogP contribution in [0.4, 0.5) is 5.69 Å².